The third-order valence-electron chi connectivity index (χ3n) is 3.84. The number of aromatic nitrogens is 4. The van der Waals surface area contributed by atoms with Crippen LogP contribution in [-0.2, 0) is 4.79 Å². The van der Waals surface area contributed by atoms with Crippen molar-refractivity contribution in [1.29, 1.82) is 0 Å². The number of ether oxygens (including phenoxy) is 2. The number of nitrogens with zero attached hydrogens (tertiary/aromatic N) is 4. The highest BCUT2D eigenvalue weighted by Crippen LogP contribution is 2.28. The molecule has 1 N–H and O–H groups in total. The number of methoxy groups -OCH3 is 2. The molecule has 0 aliphatic heterocycles. The van der Waals surface area contributed by atoms with Gasteiger partial charge in [-0.1, -0.05) is 11.3 Å². The number of carbonyl (C=O) groups is 1. The van der Waals surface area contributed by atoms with Gasteiger partial charge in [0.2, 0.25) is 5.13 Å². The molecule has 0 bridgehead atoms. The Hall–Kier alpha value is -3.27. The predicted molar refractivity (Wildman–Crippen MR) is 100 cm³/mol. The largest absolute Gasteiger partial charge is 0.497 e. The van der Waals surface area contributed by atoms with E-state index >= 15 is 0 Å². The van der Waals surface area contributed by atoms with Crippen molar-refractivity contribution in [1.82, 2.24) is 20.0 Å². The zero-order valence-electron chi connectivity index (χ0n) is 14.9. The molecule has 3 aromatic rings. The van der Waals surface area contributed by atoms with Crippen LogP contribution in [0, 0.1) is 0 Å². The maximum absolute atomic E-state index is 12.4. The SMILES string of the molecule is COc1ccc(-c2nn(C(C)C(=O)Nc3nncs3)c(=O)cc2OC)cc1. The second kappa shape index (κ2) is 7.96. The fraction of sp³-hybridized carbons (Fsp3) is 0.235. The molecule has 10 heteroatoms. The number of anilines is 1. The second-order valence-corrected chi connectivity index (χ2v) is 6.31. The highest BCUT2D eigenvalue weighted by atomic mass is 32.1. The van der Waals surface area contributed by atoms with E-state index in [0.29, 0.717) is 22.3 Å². The van der Waals surface area contributed by atoms with Crippen LogP contribution in [0.5, 0.6) is 11.5 Å². The Bertz CT molecular complexity index is 986. The lowest BCUT2D eigenvalue weighted by molar-refractivity contribution is -0.119. The van der Waals surface area contributed by atoms with Crippen LogP contribution in [0.1, 0.15) is 13.0 Å². The molecule has 3 rings (SSSR count). The minimum absolute atomic E-state index is 0.318. The van der Waals surface area contributed by atoms with Crippen molar-refractivity contribution >= 4 is 22.4 Å². The highest BCUT2D eigenvalue weighted by molar-refractivity contribution is 7.13. The monoisotopic (exact) mass is 387 g/mol. The van der Waals surface area contributed by atoms with Gasteiger partial charge in [-0.15, -0.1) is 10.2 Å². The molecule has 0 aliphatic carbocycles. The predicted octanol–water partition coefficient (Wildman–Crippen LogP) is 1.98. The molecule has 0 spiro atoms. The molecule has 27 heavy (non-hydrogen) atoms. The highest BCUT2D eigenvalue weighted by Gasteiger charge is 2.21. The summed E-state index contributed by atoms with van der Waals surface area (Å²) in [6.45, 7) is 1.58. The van der Waals surface area contributed by atoms with Crippen LogP contribution < -0.4 is 20.3 Å². The van der Waals surface area contributed by atoms with Crippen molar-refractivity contribution in [2.45, 2.75) is 13.0 Å². The topological polar surface area (TPSA) is 108 Å². The molecule has 0 fully saturated rings. The normalized spacial score (nSPS) is 11.7. The number of benzene rings is 1. The Morgan fingerprint density at radius 2 is 1.96 bits per heavy atom. The molecule has 1 aromatic carbocycles. The zero-order valence-corrected chi connectivity index (χ0v) is 15.7. The molecule has 1 amide bonds. The van der Waals surface area contributed by atoms with E-state index in [2.05, 4.69) is 20.6 Å². The lowest BCUT2D eigenvalue weighted by Crippen LogP contribution is -2.33. The number of nitrogens with one attached hydrogen (secondary N) is 1. The molecule has 9 nitrogen and oxygen atoms in total. The van der Waals surface area contributed by atoms with Gasteiger partial charge < -0.3 is 9.47 Å². The quantitative estimate of drug-likeness (QED) is 0.689. The Morgan fingerprint density at radius 3 is 2.56 bits per heavy atom. The molecule has 140 valence electrons. The molecular weight excluding hydrogens is 370 g/mol. The third kappa shape index (κ3) is 3.95. The fourth-order valence-electron chi connectivity index (χ4n) is 2.38. The summed E-state index contributed by atoms with van der Waals surface area (Å²) in [4.78, 5) is 24.9. The van der Waals surface area contributed by atoms with Gasteiger partial charge >= 0.3 is 0 Å². The van der Waals surface area contributed by atoms with E-state index in [-0.39, 0.29) is 0 Å². The minimum Gasteiger partial charge on any atom is -0.497 e. The third-order valence-corrected chi connectivity index (χ3v) is 4.45. The summed E-state index contributed by atoms with van der Waals surface area (Å²) in [6.07, 6.45) is 0. The van der Waals surface area contributed by atoms with E-state index in [1.807, 2.05) is 0 Å². The van der Waals surface area contributed by atoms with Crippen molar-refractivity contribution in [3.05, 3.63) is 46.2 Å². The Morgan fingerprint density at radius 1 is 1.22 bits per heavy atom. The summed E-state index contributed by atoms with van der Waals surface area (Å²) >= 11 is 1.18. The molecule has 0 aliphatic rings. The van der Waals surface area contributed by atoms with Gasteiger partial charge in [0.15, 0.2) is 5.75 Å². The molecule has 2 heterocycles. The van der Waals surface area contributed by atoms with Gasteiger partial charge in [-0.2, -0.15) is 5.10 Å². The number of hydrogen-bond acceptors (Lipinski definition) is 8. The smallest absolute Gasteiger partial charge is 0.271 e. The van der Waals surface area contributed by atoms with Gasteiger partial charge in [-0.25, -0.2) is 4.68 Å². The first-order valence-corrected chi connectivity index (χ1v) is 8.80. The first-order chi connectivity index (χ1) is 13.0. The van der Waals surface area contributed by atoms with Crippen molar-refractivity contribution < 1.29 is 14.3 Å². The summed E-state index contributed by atoms with van der Waals surface area (Å²) < 4.78 is 11.6. The van der Waals surface area contributed by atoms with E-state index < -0.39 is 17.5 Å². The van der Waals surface area contributed by atoms with E-state index in [9.17, 15) is 9.59 Å². The van der Waals surface area contributed by atoms with Crippen LogP contribution in [0.3, 0.4) is 0 Å². The van der Waals surface area contributed by atoms with Crippen LogP contribution in [0.15, 0.2) is 40.6 Å². The van der Waals surface area contributed by atoms with Gasteiger partial charge in [-0.3, -0.25) is 14.9 Å². The molecule has 1 atom stereocenters. The van der Waals surface area contributed by atoms with E-state index in [0.717, 1.165) is 10.2 Å². The number of rotatable bonds is 6. The van der Waals surface area contributed by atoms with Crippen molar-refractivity contribution in [2.75, 3.05) is 19.5 Å². The lowest BCUT2D eigenvalue weighted by atomic mass is 10.1. The van der Waals surface area contributed by atoms with E-state index in [1.54, 1.807) is 38.3 Å². The van der Waals surface area contributed by atoms with Gasteiger partial charge in [0.05, 0.1) is 14.2 Å². The maximum Gasteiger partial charge on any atom is 0.271 e. The molecule has 0 saturated carbocycles. The lowest BCUT2D eigenvalue weighted by Gasteiger charge is -2.16. The number of amides is 1. The van der Waals surface area contributed by atoms with Gasteiger partial charge in [0.1, 0.15) is 23.0 Å². The number of hydrogen-bond donors (Lipinski definition) is 1. The van der Waals surface area contributed by atoms with Crippen molar-refractivity contribution in [2.24, 2.45) is 0 Å². The molecule has 1 unspecified atom stereocenters. The van der Waals surface area contributed by atoms with Crippen LogP contribution in [0.4, 0.5) is 5.13 Å². The van der Waals surface area contributed by atoms with E-state index in [1.165, 1.54) is 30.0 Å². The van der Waals surface area contributed by atoms with Crippen molar-refractivity contribution in [3.63, 3.8) is 0 Å². The minimum atomic E-state index is -0.857. The zero-order chi connectivity index (χ0) is 19.4. The summed E-state index contributed by atoms with van der Waals surface area (Å²) in [5, 5.41) is 14.7. The number of carbonyl (C=O) groups excluding carboxylic acids is 1. The first kappa shape index (κ1) is 18.5. The van der Waals surface area contributed by atoms with Crippen LogP contribution in [-0.4, -0.2) is 40.1 Å². The van der Waals surface area contributed by atoms with Gasteiger partial charge in [0.25, 0.3) is 11.5 Å². The van der Waals surface area contributed by atoms with Gasteiger partial charge in [-0.05, 0) is 31.2 Å². The van der Waals surface area contributed by atoms with E-state index in [4.69, 9.17) is 9.47 Å². The maximum atomic E-state index is 12.4. The fourth-order valence-corrected chi connectivity index (χ4v) is 2.83. The summed E-state index contributed by atoms with van der Waals surface area (Å²) in [5.41, 5.74) is 2.21. The van der Waals surface area contributed by atoms with Crippen molar-refractivity contribution in [3.8, 4) is 22.8 Å². The molecule has 0 saturated heterocycles. The average molecular weight is 387 g/mol. The second-order valence-electron chi connectivity index (χ2n) is 5.48. The summed E-state index contributed by atoms with van der Waals surface area (Å²) in [6, 6.07) is 7.59. The Kier molecular flexibility index (Phi) is 5.46. The van der Waals surface area contributed by atoms with Crippen LogP contribution in [0.2, 0.25) is 0 Å². The Balaban J connectivity index is 1.97. The molecule has 2 aromatic heterocycles. The summed E-state index contributed by atoms with van der Waals surface area (Å²) in [7, 11) is 3.03. The molecule has 0 radical (unpaired) electrons. The average Bonchev–Trinajstić information content (AvgIpc) is 3.20. The summed E-state index contributed by atoms with van der Waals surface area (Å²) in [5.74, 6) is 0.584. The first-order valence-electron chi connectivity index (χ1n) is 7.92. The van der Waals surface area contributed by atoms with Crippen LogP contribution >= 0.6 is 11.3 Å². The Labute approximate surface area is 158 Å². The standard InChI is InChI=1S/C17H17N5O4S/c1-10(16(24)19-17-20-18-9-27-17)22-14(23)8-13(26-3)15(21-22)11-4-6-12(25-2)7-5-11/h4-10H,1-3H3,(H,19,20,24). The van der Waals surface area contributed by atoms with Crippen LogP contribution in [0.25, 0.3) is 11.3 Å². The van der Waals surface area contributed by atoms with Gasteiger partial charge in [0, 0.05) is 11.6 Å². The molecular formula is C17H17N5O4S.